The fourth-order valence-corrected chi connectivity index (χ4v) is 1.03. The van der Waals surface area contributed by atoms with E-state index in [0.717, 1.165) is 0 Å². The van der Waals surface area contributed by atoms with Gasteiger partial charge in [-0.1, -0.05) is 13.8 Å². The van der Waals surface area contributed by atoms with Crippen molar-refractivity contribution in [1.82, 2.24) is 9.78 Å². The maximum atomic E-state index is 4.23. The second-order valence-electron chi connectivity index (χ2n) is 2.95. The maximum Gasteiger partial charge on any atom is 0.0521 e. The van der Waals surface area contributed by atoms with Gasteiger partial charge in [-0.15, -0.1) is 0 Å². The molecule has 0 N–H and O–H groups in total. The van der Waals surface area contributed by atoms with Crippen LogP contribution in [-0.4, -0.2) is 9.78 Å². The van der Waals surface area contributed by atoms with E-state index < -0.39 is 0 Å². The molecule has 0 radical (unpaired) electrons. The summed E-state index contributed by atoms with van der Waals surface area (Å²) in [6, 6.07) is 0.480. The summed E-state index contributed by atoms with van der Waals surface area (Å²) < 4.78 is 2.04. The van der Waals surface area contributed by atoms with Crippen LogP contribution in [0.2, 0.25) is 0 Å². The Morgan fingerprint density at radius 1 is 1.25 bits per heavy atom. The van der Waals surface area contributed by atoms with E-state index in [1.807, 2.05) is 24.7 Å². The molecule has 0 unspecified atom stereocenters. The van der Waals surface area contributed by atoms with Crippen molar-refractivity contribution in [2.45, 2.75) is 47.6 Å². The first-order valence-corrected chi connectivity index (χ1v) is 4.63. The number of rotatable bonds is 1. The highest BCUT2D eigenvalue weighted by Gasteiger charge is 2.03. The van der Waals surface area contributed by atoms with Gasteiger partial charge in [0.1, 0.15) is 0 Å². The van der Waals surface area contributed by atoms with Gasteiger partial charge in [0.05, 0.1) is 6.20 Å². The first-order valence-electron chi connectivity index (χ1n) is 4.63. The van der Waals surface area contributed by atoms with E-state index in [-0.39, 0.29) is 0 Å². The Kier molecular flexibility index (Phi) is 4.64. The number of nitrogens with zero attached hydrogens (tertiary/aromatic N) is 2. The molecule has 0 saturated carbocycles. The minimum absolute atomic E-state index is 0.480. The highest BCUT2D eigenvalue weighted by molar-refractivity contribution is 5.13. The van der Waals surface area contributed by atoms with E-state index in [0.29, 0.717) is 6.04 Å². The average Bonchev–Trinajstić information content (AvgIpc) is 2.37. The molecule has 1 aromatic rings. The van der Waals surface area contributed by atoms with Crippen molar-refractivity contribution >= 4 is 0 Å². The summed E-state index contributed by atoms with van der Waals surface area (Å²) in [6.45, 7) is 12.5. The zero-order valence-electron chi connectivity index (χ0n) is 9.05. The van der Waals surface area contributed by atoms with Gasteiger partial charge in [0.15, 0.2) is 0 Å². The predicted octanol–water partition coefficient (Wildman–Crippen LogP) is 3.11. The zero-order chi connectivity index (χ0) is 9.72. The molecular weight excluding hydrogens is 148 g/mol. The molecule has 12 heavy (non-hydrogen) atoms. The summed E-state index contributed by atoms with van der Waals surface area (Å²) in [4.78, 5) is 0. The molecule has 0 bridgehead atoms. The Morgan fingerprint density at radius 3 is 1.92 bits per heavy atom. The van der Waals surface area contributed by atoms with Gasteiger partial charge >= 0.3 is 0 Å². The van der Waals surface area contributed by atoms with Gasteiger partial charge in [-0.25, -0.2) is 0 Å². The fourth-order valence-electron chi connectivity index (χ4n) is 1.03. The van der Waals surface area contributed by atoms with Gasteiger partial charge < -0.3 is 0 Å². The Balaban J connectivity index is 0.000000561. The van der Waals surface area contributed by atoms with E-state index in [9.17, 15) is 0 Å². The lowest BCUT2D eigenvalue weighted by Crippen LogP contribution is -2.04. The van der Waals surface area contributed by atoms with Crippen LogP contribution in [0.5, 0.6) is 0 Å². The van der Waals surface area contributed by atoms with E-state index in [2.05, 4.69) is 32.8 Å². The smallest absolute Gasteiger partial charge is 0.0521 e. The fraction of sp³-hybridized carbons (Fsp3) is 0.700. The van der Waals surface area contributed by atoms with Crippen LogP contribution in [0.1, 0.15) is 45.0 Å². The molecule has 0 aliphatic carbocycles. The van der Waals surface area contributed by atoms with Gasteiger partial charge in [-0.05, 0) is 33.3 Å². The summed E-state index contributed by atoms with van der Waals surface area (Å²) >= 11 is 0. The van der Waals surface area contributed by atoms with Crippen molar-refractivity contribution in [1.29, 1.82) is 0 Å². The molecule has 0 atom stereocenters. The third kappa shape index (κ3) is 2.36. The highest BCUT2D eigenvalue weighted by atomic mass is 15.3. The van der Waals surface area contributed by atoms with Crippen LogP contribution in [0.25, 0.3) is 0 Å². The molecule has 0 aliphatic heterocycles. The lowest BCUT2D eigenvalue weighted by Gasteiger charge is -2.07. The summed E-state index contributed by atoms with van der Waals surface area (Å²) in [5.74, 6) is 0. The molecule has 70 valence electrons. The first kappa shape index (κ1) is 11.2. The number of hydrogen-bond acceptors (Lipinski definition) is 1. The van der Waals surface area contributed by atoms with E-state index >= 15 is 0 Å². The molecule has 2 heteroatoms. The zero-order valence-corrected chi connectivity index (χ0v) is 9.05. The number of aromatic nitrogens is 2. The Bertz CT molecular complexity index is 224. The van der Waals surface area contributed by atoms with Crippen molar-refractivity contribution in [2.24, 2.45) is 0 Å². The molecule has 0 spiro atoms. The molecule has 1 heterocycles. The van der Waals surface area contributed by atoms with Crippen LogP contribution in [0.3, 0.4) is 0 Å². The topological polar surface area (TPSA) is 17.8 Å². The van der Waals surface area contributed by atoms with Gasteiger partial charge in [0.2, 0.25) is 0 Å². The van der Waals surface area contributed by atoms with Gasteiger partial charge in [-0.2, -0.15) is 5.10 Å². The van der Waals surface area contributed by atoms with E-state index in [1.165, 1.54) is 11.3 Å². The molecule has 0 aromatic carbocycles. The summed E-state index contributed by atoms with van der Waals surface area (Å²) in [5, 5.41) is 4.23. The van der Waals surface area contributed by atoms with Crippen LogP contribution >= 0.6 is 0 Å². The minimum Gasteiger partial charge on any atom is -0.267 e. The SMILES string of the molecule is CC.Cc1cnn(C(C)C)c1C. The lowest BCUT2D eigenvalue weighted by molar-refractivity contribution is 0.519. The summed E-state index contributed by atoms with van der Waals surface area (Å²) in [5.41, 5.74) is 2.55. The van der Waals surface area contributed by atoms with Crippen LogP contribution in [0, 0.1) is 13.8 Å². The maximum absolute atomic E-state index is 4.23. The number of hydrogen-bond donors (Lipinski definition) is 0. The quantitative estimate of drug-likeness (QED) is 0.630. The van der Waals surface area contributed by atoms with Crippen LogP contribution in [0.4, 0.5) is 0 Å². The van der Waals surface area contributed by atoms with Crippen LogP contribution in [0.15, 0.2) is 6.20 Å². The van der Waals surface area contributed by atoms with Crippen molar-refractivity contribution < 1.29 is 0 Å². The second kappa shape index (κ2) is 4.96. The molecule has 1 rings (SSSR count). The summed E-state index contributed by atoms with van der Waals surface area (Å²) in [7, 11) is 0. The molecule has 0 saturated heterocycles. The van der Waals surface area contributed by atoms with Crippen molar-refractivity contribution in [2.75, 3.05) is 0 Å². The van der Waals surface area contributed by atoms with Crippen LogP contribution < -0.4 is 0 Å². The second-order valence-corrected chi connectivity index (χ2v) is 2.95. The van der Waals surface area contributed by atoms with E-state index in [1.54, 1.807) is 0 Å². The normalized spacial score (nSPS) is 9.58. The van der Waals surface area contributed by atoms with Crippen molar-refractivity contribution in [3.8, 4) is 0 Å². The number of aryl methyl sites for hydroxylation is 1. The Morgan fingerprint density at radius 2 is 1.75 bits per heavy atom. The monoisotopic (exact) mass is 168 g/mol. The predicted molar refractivity (Wildman–Crippen MR) is 53.4 cm³/mol. The minimum atomic E-state index is 0.480. The Labute approximate surface area is 75.6 Å². The van der Waals surface area contributed by atoms with Gasteiger partial charge in [0.25, 0.3) is 0 Å². The standard InChI is InChI=1S/C8H14N2.C2H6/c1-6(2)10-8(4)7(3)5-9-10;1-2/h5-6H,1-4H3;1-2H3. The molecular formula is C10H20N2. The average molecular weight is 168 g/mol. The molecule has 2 nitrogen and oxygen atoms in total. The first-order chi connectivity index (χ1) is 5.63. The molecule has 0 aliphatic rings. The van der Waals surface area contributed by atoms with E-state index in [4.69, 9.17) is 0 Å². The van der Waals surface area contributed by atoms with Crippen molar-refractivity contribution in [3.63, 3.8) is 0 Å². The third-order valence-electron chi connectivity index (χ3n) is 1.78. The van der Waals surface area contributed by atoms with Crippen molar-refractivity contribution in [3.05, 3.63) is 17.5 Å². The van der Waals surface area contributed by atoms with Crippen LogP contribution in [-0.2, 0) is 0 Å². The Hall–Kier alpha value is -0.790. The third-order valence-corrected chi connectivity index (χ3v) is 1.78. The lowest BCUT2D eigenvalue weighted by atomic mass is 10.3. The molecule has 0 fully saturated rings. The van der Waals surface area contributed by atoms with Gasteiger partial charge in [-0.3, -0.25) is 4.68 Å². The molecule has 1 aromatic heterocycles. The molecule has 0 amide bonds. The van der Waals surface area contributed by atoms with Gasteiger partial charge in [0, 0.05) is 11.7 Å². The largest absolute Gasteiger partial charge is 0.267 e. The highest BCUT2D eigenvalue weighted by Crippen LogP contribution is 2.10. The summed E-state index contributed by atoms with van der Waals surface area (Å²) in [6.07, 6.45) is 1.91.